The van der Waals surface area contributed by atoms with Crippen LogP contribution in [0.15, 0.2) is 18.2 Å². The summed E-state index contributed by atoms with van der Waals surface area (Å²) in [5.74, 6) is 0.410. The third-order valence-electron chi connectivity index (χ3n) is 5.11. The predicted octanol–water partition coefficient (Wildman–Crippen LogP) is 5.31. The summed E-state index contributed by atoms with van der Waals surface area (Å²) in [6.07, 6.45) is 1.98. The summed E-state index contributed by atoms with van der Waals surface area (Å²) in [5.41, 5.74) is 0. The lowest BCUT2D eigenvalue weighted by atomic mass is 9.75. The number of halogens is 2. The Morgan fingerprint density at radius 1 is 1.18 bits per heavy atom. The second-order valence-electron chi connectivity index (χ2n) is 7.80. The fourth-order valence-electron chi connectivity index (χ4n) is 3.51. The summed E-state index contributed by atoms with van der Waals surface area (Å²) in [5, 5.41) is 0.754. The standard InChI is InChI=1S/C21H28Cl2O5/c1-12(2)16-7-5-13(3)9-19(16)28-20(24)11-26-21(25)14(4)27-18-8-6-15(22)10-17(18)23/h6,8,10,12-14,16,19H,5,7,9,11H2,1-4H3/t13-,14-,16+,19-/m1/s1. The van der Waals surface area contributed by atoms with Crippen LogP contribution >= 0.6 is 23.2 Å². The van der Waals surface area contributed by atoms with Crippen molar-refractivity contribution in [2.24, 2.45) is 17.8 Å². The minimum absolute atomic E-state index is 0.128. The fraction of sp³-hybridized carbons (Fsp3) is 0.619. The van der Waals surface area contributed by atoms with Gasteiger partial charge in [-0.15, -0.1) is 0 Å². The van der Waals surface area contributed by atoms with Gasteiger partial charge in [-0.1, -0.05) is 50.4 Å². The van der Waals surface area contributed by atoms with Gasteiger partial charge in [-0.05, 0) is 55.7 Å². The van der Waals surface area contributed by atoms with Crippen molar-refractivity contribution in [2.75, 3.05) is 6.61 Å². The van der Waals surface area contributed by atoms with Crippen LogP contribution in [0.1, 0.15) is 47.0 Å². The third kappa shape index (κ3) is 6.56. The van der Waals surface area contributed by atoms with Crippen LogP contribution in [0.3, 0.4) is 0 Å². The maximum atomic E-state index is 12.2. The molecule has 5 nitrogen and oxygen atoms in total. The Hall–Kier alpha value is -1.46. The zero-order chi connectivity index (χ0) is 20.8. The van der Waals surface area contributed by atoms with Crippen molar-refractivity contribution in [3.8, 4) is 5.75 Å². The number of benzene rings is 1. The molecule has 0 unspecified atom stereocenters. The van der Waals surface area contributed by atoms with E-state index in [1.165, 1.54) is 13.0 Å². The van der Waals surface area contributed by atoms with E-state index in [9.17, 15) is 9.59 Å². The first kappa shape index (κ1) is 22.8. The Balaban J connectivity index is 1.83. The van der Waals surface area contributed by atoms with E-state index in [-0.39, 0.29) is 11.1 Å². The highest BCUT2D eigenvalue weighted by molar-refractivity contribution is 6.35. The second-order valence-corrected chi connectivity index (χ2v) is 8.64. The molecule has 0 amide bonds. The van der Waals surface area contributed by atoms with Gasteiger partial charge in [0.05, 0.1) is 5.02 Å². The number of hydrogen-bond donors (Lipinski definition) is 0. The van der Waals surface area contributed by atoms with Crippen molar-refractivity contribution in [2.45, 2.75) is 59.2 Å². The van der Waals surface area contributed by atoms with Crippen LogP contribution in [0.4, 0.5) is 0 Å². The Bertz CT molecular complexity index is 691. The van der Waals surface area contributed by atoms with Crippen LogP contribution in [-0.4, -0.2) is 30.8 Å². The zero-order valence-corrected chi connectivity index (χ0v) is 18.3. The van der Waals surface area contributed by atoms with Gasteiger partial charge >= 0.3 is 11.9 Å². The molecule has 0 N–H and O–H groups in total. The smallest absolute Gasteiger partial charge is 0.347 e. The van der Waals surface area contributed by atoms with Crippen molar-refractivity contribution in [3.63, 3.8) is 0 Å². The molecule has 0 spiro atoms. The molecule has 0 bridgehead atoms. The topological polar surface area (TPSA) is 61.8 Å². The first-order valence-corrected chi connectivity index (χ1v) is 10.4. The van der Waals surface area contributed by atoms with Gasteiger partial charge in [-0.3, -0.25) is 0 Å². The monoisotopic (exact) mass is 430 g/mol. The van der Waals surface area contributed by atoms with Crippen LogP contribution in [0.5, 0.6) is 5.75 Å². The maximum Gasteiger partial charge on any atom is 0.347 e. The highest BCUT2D eigenvalue weighted by Gasteiger charge is 2.33. The molecule has 1 aromatic carbocycles. The first-order valence-electron chi connectivity index (χ1n) is 9.65. The SMILES string of the molecule is CC(C)[C@@H]1CC[C@@H](C)C[C@H]1OC(=O)COC(=O)[C@@H](C)Oc1ccc(Cl)cc1Cl. The van der Waals surface area contributed by atoms with Gasteiger partial charge < -0.3 is 14.2 Å². The Labute approximate surface area is 176 Å². The number of ether oxygens (including phenoxy) is 3. The van der Waals surface area contributed by atoms with Crippen LogP contribution in [-0.2, 0) is 19.1 Å². The van der Waals surface area contributed by atoms with E-state index in [0.717, 1.165) is 19.3 Å². The molecule has 4 atom stereocenters. The summed E-state index contributed by atoms with van der Waals surface area (Å²) in [6, 6.07) is 4.69. The Kier molecular flexibility index (Phi) is 8.44. The van der Waals surface area contributed by atoms with E-state index in [2.05, 4.69) is 20.8 Å². The molecule has 2 rings (SSSR count). The number of carbonyl (C=O) groups excluding carboxylic acids is 2. The molecule has 1 aliphatic carbocycles. The third-order valence-corrected chi connectivity index (χ3v) is 5.64. The Morgan fingerprint density at radius 2 is 1.89 bits per heavy atom. The highest BCUT2D eigenvalue weighted by atomic mass is 35.5. The van der Waals surface area contributed by atoms with E-state index in [1.54, 1.807) is 12.1 Å². The van der Waals surface area contributed by atoms with Gasteiger partial charge in [0.1, 0.15) is 11.9 Å². The Morgan fingerprint density at radius 3 is 2.54 bits per heavy atom. The van der Waals surface area contributed by atoms with E-state index in [1.807, 2.05) is 0 Å². The van der Waals surface area contributed by atoms with Gasteiger partial charge in [0.15, 0.2) is 12.7 Å². The van der Waals surface area contributed by atoms with Crippen molar-refractivity contribution in [1.82, 2.24) is 0 Å². The molecule has 28 heavy (non-hydrogen) atoms. The molecule has 1 saturated carbocycles. The normalized spacial score (nSPS) is 23.2. The minimum Gasteiger partial charge on any atom is -0.477 e. The highest BCUT2D eigenvalue weighted by Crippen LogP contribution is 2.35. The lowest BCUT2D eigenvalue weighted by Crippen LogP contribution is -2.37. The van der Waals surface area contributed by atoms with Crippen molar-refractivity contribution < 1.29 is 23.8 Å². The molecule has 1 aromatic rings. The summed E-state index contributed by atoms with van der Waals surface area (Å²) < 4.78 is 16.2. The molecule has 1 aliphatic rings. The van der Waals surface area contributed by atoms with Crippen molar-refractivity contribution >= 4 is 35.1 Å². The predicted molar refractivity (Wildman–Crippen MR) is 109 cm³/mol. The molecule has 0 heterocycles. The van der Waals surface area contributed by atoms with Gasteiger partial charge in [-0.2, -0.15) is 0 Å². The van der Waals surface area contributed by atoms with Crippen molar-refractivity contribution in [3.05, 3.63) is 28.2 Å². The summed E-state index contributed by atoms with van der Waals surface area (Å²) in [7, 11) is 0. The molecule has 156 valence electrons. The van der Waals surface area contributed by atoms with Crippen LogP contribution < -0.4 is 4.74 Å². The fourth-order valence-corrected chi connectivity index (χ4v) is 3.96. The summed E-state index contributed by atoms with van der Waals surface area (Å²) >= 11 is 11.9. The molecule has 7 heteroatoms. The maximum absolute atomic E-state index is 12.2. The molecular formula is C21H28Cl2O5. The first-order chi connectivity index (χ1) is 13.2. The van der Waals surface area contributed by atoms with Crippen LogP contribution in [0.2, 0.25) is 10.0 Å². The molecule has 0 aromatic heterocycles. The van der Waals surface area contributed by atoms with E-state index >= 15 is 0 Å². The molecule has 1 fully saturated rings. The average molecular weight is 431 g/mol. The van der Waals surface area contributed by atoms with Crippen LogP contribution in [0.25, 0.3) is 0 Å². The summed E-state index contributed by atoms with van der Waals surface area (Å²) in [6.45, 7) is 7.54. The largest absolute Gasteiger partial charge is 0.477 e. The van der Waals surface area contributed by atoms with Crippen LogP contribution in [0, 0.1) is 17.8 Å². The quantitative estimate of drug-likeness (QED) is 0.548. The molecule has 0 saturated heterocycles. The number of hydrogen-bond acceptors (Lipinski definition) is 5. The van der Waals surface area contributed by atoms with E-state index in [0.29, 0.717) is 28.5 Å². The van der Waals surface area contributed by atoms with Gasteiger partial charge in [0, 0.05) is 5.02 Å². The molecule has 0 aliphatic heterocycles. The lowest BCUT2D eigenvalue weighted by molar-refractivity contribution is -0.169. The van der Waals surface area contributed by atoms with E-state index < -0.39 is 24.6 Å². The van der Waals surface area contributed by atoms with Crippen molar-refractivity contribution in [1.29, 1.82) is 0 Å². The molecule has 0 radical (unpaired) electrons. The minimum atomic E-state index is -0.926. The lowest BCUT2D eigenvalue weighted by Gasteiger charge is -2.36. The number of carbonyl (C=O) groups is 2. The number of esters is 2. The van der Waals surface area contributed by atoms with Gasteiger partial charge in [0.25, 0.3) is 0 Å². The van der Waals surface area contributed by atoms with Gasteiger partial charge in [-0.25, -0.2) is 9.59 Å². The molecular weight excluding hydrogens is 403 g/mol. The van der Waals surface area contributed by atoms with E-state index in [4.69, 9.17) is 37.4 Å². The number of rotatable bonds is 7. The second kappa shape index (κ2) is 10.4. The average Bonchev–Trinajstić information content (AvgIpc) is 2.61. The summed E-state index contributed by atoms with van der Waals surface area (Å²) in [4.78, 5) is 24.3. The zero-order valence-electron chi connectivity index (χ0n) is 16.7. The van der Waals surface area contributed by atoms with Gasteiger partial charge in [0.2, 0.25) is 0 Å².